The van der Waals surface area contributed by atoms with Gasteiger partial charge in [-0.05, 0) is 18.8 Å². The highest BCUT2D eigenvalue weighted by Gasteiger charge is 2.32. The number of nitrogens with one attached hydrogen (secondary N) is 1. The first kappa shape index (κ1) is 12.5. The number of amides is 1. The molecule has 0 saturated heterocycles. The van der Waals surface area contributed by atoms with E-state index in [9.17, 15) is 9.59 Å². The number of carbonyl (C=O) groups excluding carboxylic acids is 1. The SMILES string of the molecule is CC(C(=O)NCc1cn(CC(=O)O)nn1)C1CC1. The minimum absolute atomic E-state index is 0.0188. The van der Waals surface area contributed by atoms with Crippen LogP contribution in [0, 0.1) is 11.8 Å². The largest absolute Gasteiger partial charge is 0.480 e. The van der Waals surface area contributed by atoms with Crippen molar-refractivity contribution in [2.45, 2.75) is 32.9 Å². The first-order valence-electron chi connectivity index (χ1n) is 5.95. The third-order valence-electron chi connectivity index (χ3n) is 3.07. The van der Waals surface area contributed by atoms with E-state index in [-0.39, 0.29) is 24.9 Å². The molecular weight excluding hydrogens is 236 g/mol. The Labute approximate surface area is 104 Å². The normalized spacial score (nSPS) is 16.3. The van der Waals surface area contributed by atoms with Crippen LogP contribution < -0.4 is 5.32 Å². The molecule has 7 nitrogen and oxygen atoms in total. The molecule has 1 unspecified atom stereocenters. The Balaban J connectivity index is 1.80. The highest BCUT2D eigenvalue weighted by atomic mass is 16.4. The standard InChI is InChI=1S/C11H16N4O3/c1-7(8-2-3-8)11(18)12-4-9-5-15(14-13-9)6-10(16)17/h5,7-8H,2-4,6H2,1H3,(H,12,18)(H,16,17). The molecule has 0 radical (unpaired) electrons. The first-order valence-corrected chi connectivity index (χ1v) is 5.95. The Hall–Kier alpha value is -1.92. The highest BCUT2D eigenvalue weighted by Crippen LogP contribution is 2.36. The molecule has 1 saturated carbocycles. The van der Waals surface area contributed by atoms with Crippen LogP contribution in [0.25, 0.3) is 0 Å². The molecular formula is C11H16N4O3. The molecule has 1 aliphatic carbocycles. The number of carboxylic acid groups (broad SMARTS) is 1. The molecule has 0 aliphatic heterocycles. The van der Waals surface area contributed by atoms with Crippen LogP contribution in [-0.2, 0) is 22.7 Å². The number of nitrogens with zero attached hydrogens (tertiary/aromatic N) is 3. The molecule has 1 heterocycles. The smallest absolute Gasteiger partial charge is 0.325 e. The molecule has 1 aromatic rings. The zero-order valence-corrected chi connectivity index (χ0v) is 10.2. The van der Waals surface area contributed by atoms with Crippen molar-refractivity contribution < 1.29 is 14.7 Å². The van der Waals surface area contributed by atoms with Crippen molar-refractivity contribution in [3.05, 3.63) is 11.9 Å². The van der Waals surface area contributed by atoms with Crippen molar-refractivity contribution in [2.75, 3.05) is 0 Å². The van der Waals surface area contributed by atoms with E-state index in [4.69, 9.17) is 5.11 Å². The molecule has 1 aromatic heterocycles. The molecule has 0 spiro atoms. The van der Waals surface area contributed by atoms with E-state index in [0.717, 1.165) is 12.8 Å². The summed E-state index contributed by atoms with van der Waals surface area (Å²) in [6, 6.07) is 0. The van der Waals surface area contributed by atoms with Gasteiger partial charge in [-0.3, -0.25) is 9.59 Å². The van der Waals surface area contributed by atoms with Crippen LogP contribution in [0.3, 0.4) is 0 Å². The molecule has 7 heteroatoms. The van der Waals surface area contributed by atoms with Crippen molar-refractivity contribution in [3.63, 3.8) is 0 Å². The molecule has 0 aromatic carbocycles. The van der Waals surface area contributed by atoms with Crippen molar-refractivity contribution in [1.82, 2.24) is 20.3 Å². The van der Waals surface area contributed by atoms with E-state index < -0.39 is 5.97 Å². The molecule has 0 bridgehead atoms. The van der Waals surface area contributed by atoms with E-state index in [2.05, 4.69) is 15.6 Å². The molecule has 98 valence electrons. The predicted molar refractivity (Wildman–Crippen MR) is 61.4 cm³/mol. The zero-order chi connectivity index (χ0) is 13.1. The molecule has 18 heavy (non-hydrogen) atoms. The Morgan fingerprint density at radius 1 is 1.61 bits per heavy atom. The monoisotopic (exact) mass is 252 g/mol. The van der Waals surface area contributed by atoms with Crippen LogP contribution >= 0.6 is 0 Å². The zero-order valence-electron chi connectivity index (χ0n) is 10.2. The van der Waals surface area contributed by atoms with Gasteiger partial charge in [0.15, 0.2) is 0 Å². The number of aliphatic carboxylic acids is 1. The number of hydrogen-bond donors (Lipinski definition) is 2. The number of carbonyl (C=O) groups is 2. The lowest BCUT2D eigenvalue weighted by Gasteiger charge is -2.09. The summed E-state index contributed by atoms with van der Waals surface area (Å²) in [6.07, 6.45) is 3.78. The molecule has 1 fully saturated rings. The minimum atomic E-state index is -0.974. The molecule has 1 amide bonds. The maximum absolute atomic E-state index is 11.7. The Morgan fingerprint density at radius 2 is 2.33 bits per heavy atom. The summed E-state index contributed by atoms with van der Waals surface area (Å²) in [5, 5.41) is 18.8. The summed E-state index contributed by atoms with van der Waals surface area (Å²) in [4.78, 5) is 22.2. The predicted octanol–water partition coefficient (Wildman–Crippen LogP) is 0.0250. The summed E-state index contributed by atoms with van der Waals surface area (Å²) in [5.74, 6) is -0.394. The average molecular weight is 252 g/mol. The summed E-state index contributed by atoms with van der Waals surface area (Å²) in [7, 11) is 0. The van der Waals surface area contributed by atoms with Crippen molar-refractivity contribution in [3.8, 4) is 0 Å². The fourth-order valence-corrected chi connectivity index (χ4v) is 1.78. The van der Waals surface area contributed by atoms with E-state index in [1.54, 1.807) is 0 Å². The van der Waals surface area contributed by atoms with Crippen LogP contribution in [-0.4, -0.2) is 32.0 Å². The Bertz CT molecular complexity index is 453. The van der Waals surface area contributed by atoms with Gasteiger partial charge in [-0.1, -0.05) is 12.1 Å². The summed E-state index contributed by atoms with van der Waals surface area (Å²) in [5.41, 5.74) is 0.563. The lowest BCUT2D eigenvalue weighted by Crippen LogP contribution is -2.29. The minimum Gasteiger partial charge on any atom is -0.480 e. The van der Waals surface area contributed by atoms with Gasteiger partial charge >= 0.3 is 5.97 Å². The first-order chi connectivity index (χ1) is 8.56. The Kier molecular flexibility index (Phi) is 3.59. The van der Waals surface area contributed by atoms with Gasteiger partial charge in [0.1, 0.15) is 12.2 Å². The van der Waals surface area contributed by atoms with Gasteiger partial charge in [0.05, 0.1) is 12.7 Å². The van der Waals surface area contributed by atoms with Crippen LogP contribution in [0.15, 0.2) is 6.20 Å². The second-order valence-electron chi connectivity index (χ2n) is 4.65. The lowest BCUT2D eigenvalue weighted by molar-refractivity contribution is -0.138. The second kappa shape index (κ2) is 5.16. The Morgan fingerprint density at radius 3 is 2.94 bits per heavy atom. The third kappa shape index (κ3) is 3.28. The number of hydrogen-bond acceptors (Lipinski definition) is 4. The fraction of sp³-hybridized carbons (Fsp3) is 0.636. The van der Waals surface area contributed by atoms with Gasteiger partial charge in [0.25, 0.3) is 0 Å². The van der Waals surface area contributed by atoms with E-state index in [0.29, 0.717) is 11.6 Å². The summed E-state index contributed by atoms with van der Waals surface area (Å²) < 4.78 is 1.23. The van der Waals surface area contributed by atoms with Gasteiger partial charge in [-0.2, -0.15) is 0 Å². The van der Waals surface area contributed by atoms with Gasteiger partial charge in [-0.25, -0.2) is 4.68 Å². The average Bonchev–Trinajstić information content (AvgIpc) is 3.07. The quantitative estimate of drug-likeness (QED) is 0.744. The van der Waals surface area contributed by atoms with Gasteiger partial charge in [0, 0.05) is 5.92 Å². The van der Waals surface area contributed by atoms with Crippen molar-refractivity contribution >= 4 is 11.9 Å². The van der Waals surface area contributed by atoms with Crippen LogP contribution in [0.4, 0.5) is 0 Å². The fourth-order valence-electron chi connectivity index (χ4n) is 1.78. The van der Waals surface area contributed by atoms with E-state index in [1.165, 1.54) is 10.9 Å². The molecule has 2 N–H and O–H groups in total. The van der Waals surface area contributed by atoms with Crippen LogP contribution in [0.2, 0.25) is 0 Å². The van der Waals surface area contributed by atoms with Gasteiger partial charge in [-0.15, -0.1) is 5.10 Å². The molecule has 1 atom stereocenters. The van der Waals surface area contributed by atoms with Crippen molar-refractivity contribution in [2.24, 2.45) is 11.8 Å². The van der Waals surface area contributed by atoms with Crippen molar-refractivity contribution in [1.29, 1.82) is 0 Å². The number of carboxylic acids is 1. The highest BCUT2D eigenvalue weighted by molar-refractivity contribution is 5.78. The van der Waals surface area contributed by atoms with Crippen LogP contribution in [0.1, 0.15) is 25.5 Å². The molecule has 2 rings (SSSR count). The van der Waals surface area contributed by atoms with Crippen LogP contribution in [0.5, 0.6) is 0 Å². The second-order valence-corrected chi connectivity index (χ2v) is 4.65. The maximum atomic E-state index is 11.7. The lowest BCUT2D eigenvalue weighted by atomic mass is 10.1. The third-order valence-corrected chi connectivity index (χ3v) is 3.07. The summed E-state index contributed by atoms with van der Waals surface area (Å²) in [6.45, 7) is 1.99. The number of rotatable bonds is 6. The summed E-state index contributed by atoms with van der Waals surface area (Å²) >= 11 is 0. The number of aromatic nitrogens is 3. The maximum Gasteiger partial charge on any atom is 0.325 e. The van der Waals surface area contributed by atoms with Gasteiger partial charge < -0.3 is 10.4 Å². The van der Waals surface area contributed by atoms with Gasteiger partial charge in [0.2, 0.25) is 5.91 Å². The van der Waals surface area contributed by atoms with E-state index in [1.807, 2.05) is 6.92 Å². The van der Waals surface area contributed by atoms with E-state index >= 15 is 0 Å². The topological polar surface area (TPSA) is 97.1 Å². The molecule has 1 aliphatic rings.